The van der Waals surface area contributed by atoms with Crippen LogP contribution in [0.2, 0.25) is 0 Å². The van der Waals surface area contributed by atoms with Crippen molar-refractivity contribution in [3.05, 3.63) is 21.9 Å². The Bertz CT molecular complexity index is 646. The molecule has 0 saturated carbocycles. The molecule has 5 heteroatoms. The number of hydrogen-bond donors (Lipinski definition) is 0. The molecule has 4 nitrogen and oxygen atoms in total. The fourth-order valence-corrected chi connectivity index (χ4v) is 4.84. The third kappa shape index (κ3) is 3.37. The third-order valence-corrected chi connectivity index (χ3v) is 6.07. The van der Waals surface area contributed by atoms with Crippen LogP contribution in [0.15, 0.2) is 12.1 Å². The summed E-state index contributed by atoms with van der Waals surface area (Å²) in [5.74, 6) is 0.354. The molecule has 0 aromatic carbocycles. The maximum absolute atomic E-state index is 13.1. The van der Waals surface area contributed by atoms with E-state index >= 15 is 0 Å². The van der Waals surface area contributed by atoms with Crippen LogP contribution in [0, 0.1) is 17.8 Å². The Hall–Kier alpha value is -1.36. The molecule has 1 aromatic heterocycles. The van der Waals surface area contributed by atoms with Gasteiger partial charge in [0.15, 0.2) is 0 Å². The number of amides is 2. The minimum absolute atomic E-state index is 0.0886. The molecule has 2 aliphatic heterocycles. The predicted molar refractivity (Wildman–Crippen MR) is 97.3 cm³/mol. The monoisotopic (exact) mass is 348 g/mol. The summed E-state index contributed by atoms with van der Waals surface area (Å²) < 4.78 is 0. The Morgan fingerprint density at radius 2 is 2.00 bits per heavy atom. The quantitative estimate of drug-likeness (QED) is 0.820. The number of carbonyl (C=O) groups is 2. The molecule has 2 fully saturated rings. The zero-order valence-corrected chi connectivity index (χ0v) is 16.0. The molecule has 3 heterocycles. The maximum atomic E-state index is 13.1. The van der Waals surface area contributed by atoms with E-state index < -0.39 is 0 Å². The molecule has 0 bridgehead atoms. The van der Waals surface area contributed by atoms with E-state index in [0.29, 0.717) is 13.1 Å². The van der Waals surface area contributed by atoms with Crippen LogP contribution in [0.5, 0.6) is 0 Å². The summed E-state index contributed by atoms with van der Waals surface area (Å²) in [6.07, 6.45) is 2.77. The Morgan fingerprint density at radius 3 is 2.62 bits per heavy atom. The Kier molecular flexibility index (Phi) is 4.49. The van der Waals surface area contributed by atoms with Crippen molar-refractivity contribution in [1.82, 2.24) is 9.80 Å². The average molecular weight is 349 g/mol. The lowest BCUT2D eigenvalue weighted by Gasteiger charge is -2.41. The molecule has 132 valence electrons. The second kappa shape index (κ2) is 6.17. The first-order valence-electron chi connectivity index (χ1n) is 8.85. The number of likely N-dealkylation sites (tertiary alicyclic amines) is 2. The zero-order valence-electron chi connectivity index (χ0n) is 15.2. The standard InChI is InChI=1S/C19H28N2O2S/c1-14-6-7-15(24-14)16(22)20-11-9-19(13-20)8-5-10-21(17(19)23)12-18(2,3)4/h6-7H,5,8-13H2,1-4H3/t19-/m0/s1. The van der Waals surface area contributed by atoms with Gasteiger partial charge in [0.25, 0.3) is 5.91 Å². The predicted octanol–water partition coefficient (Wildman–Crippen LogP) is 3.56. The van der Waals surface area contributed by atoms with Crippen LogP contribution in [-0.4, -0.2) is 47.8 Å². The molecule has 1 spiro atoms. The van der Waals surface area contributed by atoms with Gasteiger partial charge in [-0.3, -0.25) is 9.59 Å². The van der Waals surface area contributed by atoms with Crippen LogP contribution in [0.25, 0.3) is 0 Å². The largest absolute Gasteiger partial charge is 0.342 e. The van der Waals surface area contributed by atoms with Crippen molar-refractivity contribution in [3.63, 3.8) is 0 Å². The summed E-state index contributed by atoms with van der Waals surface area (Å²) in [6, 6.07) is 3.89. The molecule has 3 rings (SSSR count). The number of aryl methyl sites for hydroxylation is 1. The minimum atomic E-state index is -0.342. The SMILES string of the molecule is Cc1ccc(C(=O)N2CC[C@@]3(CCCN(CC(C)(C)C)C3=O)C2)s1. The van der Waals surface area contributed by atoms with Gasteiger partial charge in [0.1, 0.15) is 0 Å². The summed E-state index contributed by atoms with van der Waals surface area (Å²) in [5, 5.41) is 0. The highest BCUT2D eigenvalue weighted by atomic mass is 32.1. The number of thiophene rings is 1. The van der Waals surface area contributed by atoms with Crippen molar-refractivity contribution >= 4 is 23.2 Å². The highest BCUT2D eigenvalue weighted by Crippen LogP contribution is 2.41. The van der Waals surface area contributed by atoms with E-state index in [2.05, 4.69) is 20.8 Å². The highest BCUT2D eigenvalue weighted by Gasteiger charge is 2.49. The molecule has 2 aliphatic rings. The molecule has 24 heavy (non-hydrogen) atoms. The van der Waals surface area contributed by atoms with Crippen molar-refractivity contribution < 1.29 is 9.59 Å². The normalized spacial score (nSPS) is 24.9. The highest BCUT2D eigenvalue weighted by molar-refractivity contribution is 7.13. The molecule has 0 unspecified atom stereocenters. The summed E-state index contributed by atoms with van der Waals surface area (Å²) >= 11 is 1.54. The smallest absolute Gasteiger partial charge is 0.263 e. The van der Waals surface area contributed by atoms with Gasteiger partial charge in [-0.2, -0.15) is 0 Å². The molecular weight excluding hydrogens is 320 g/mol. The van der Waals surface area contributed by atoms with Crippen LogP contribution < -0.4 is 0 Å². The fraction of sp³-hybridized carbons (Fsp3) is 0.684. The molecule has 2 saturated heterocycles. The van der Waals surface area contributed by atoms with E-state index in [0.717, 1.165) is 42.1 Å². The van der Waals surface area contributed by atoms with E-state index in [4.69, 9.17) is 0 Å². The molecule has 0 radical (unpaired) electrons. The van der Waals surface area contributed by atoms with Crippen molar-refractivity contribution in [1.29, 1.82) is 0 Å². The Labute approximate surface area is 148 Å². The van der Waals surface area contributed by atoms with Crippen LogP contribution in [0.3, 0.4) is 0 Å². The summed E-state index contributed by atoms with van der Waals surface area (Å²) in [4.78, 5) is 31.7. The summed E-state index contributed by atoms with van der Waals surface area (Å²) in [7, 11) is 0. The number of carbonyl (C=O) groups excluding carboxylic acids is 2. The second-order valence-electron chi connectivity index (χ2n) is 8.56. The zero-order chi connectivity index (χ0) is 17.5. The molecular formula is C19H28N2O2S. The van der Waals surface area contributed by atoms with E-state index in [1.165, 1.54) is 0 Å². The fourth-order valence-electron chi connectivity index (χ4n) is 4.01. The van der Waals surface area contributed by atoms with Gasteiger partial charge in [0.05, 0.1) is 10.3 Å². The maximum Gasteiger partial charge on any atom is 0.263 e. The average Bonchev–Trinajstić information content (AvgIpc) is 3.10. The van der Waals surface area contributed by atoms with Crippen LogP contribution in [0.4, 0.5) is 0 Å². The second-order valence-corrected chi connectivity index (χ2v) is 9.85. The first kappa shape index (κ1) is 17.5. The van der Waals surface area contributed by atoms with Crippen LogP contribution in [-0.2, 0) is 4.79 Å². The lowest BCUT2D eigenvalue weighted by Crippen LogP contribution is -2.52. The number of nitrogens with zero attached hydrogens (tertiary/aromatic N) is 2. The van der Waals surface area contributed by atoms with Crippen molar-refractivity contribution in [2.75, 3.05) is 26.2 Å². The van der Waals surface area contributed by atoms with Gasteiger partial charge in [0.2, 0.25) is 5.91 Å². The van der Waals surface area contributed by atoms with E-state index in [1.54, 1.807) is 11.3 Å². The molecule has 0 aliphatic carbocycles. The van der Waals surface area contributed by atoms with E-state index in [-0.39, 0.29) is 22.6 Å². The third-order valence-electron chi connectivity index (χ3n) is 5.08. The molecule has 1 aromatic rings. The van der Waals surface area contributed by atoms with Gasteiger partial charge in [-0.25, -0.2) is 0 Å². The number of rotatable bonds is 2. The topological polar surface area (TPSA) is 40.6 Å². The molecule has 1 atom stereocenters. The lowest BCUT2D eigenvalue weighted by atomic mass is 9.77. The lowest BCUT2D eigenvalue weighted by molar-refractivity contribution is -0.146. The summed E-state index contributed by atoms with van der Waals surface area (Å²) in [6.45, 7) is 11.5. The van der Waals surface area contributed by atoms with Crippen molar-refractivity contribution in [2.24, 2.45) is 10.8 Å². The van der Waals surface area contributed by atoms with Crippen molar-refractivity contribution in [3.8, 4) is 0 Å². The first-order valence-corrected chi connectivity index (χ1v) is 9.67. The van der Waals surface area contributed by atoms with E-state index in [1.807, 2.05) is 28.9 Å². The number of piperidine rings is 1. The Balaban J connectivity index is 1.73. The van der Waals surface area contributed by atoms with Crippen LogP contribution in [0.1, 0.15) is 54.6 Å². The first-order chi connectivity index (χ1) is 11.2. The minimum Gasteiger partial charge on any atom is -0.342 e. The van der Waals surface area contributed by atoms with Gasteiger partial charge in [0, 0.05) is 31.1 Å². The molecule has 0 N–H and O–H groups in total. The van der Waals surface area contributed by atoms with Crippen LogP contribution >= 0.6 is 11.3 Å². The van der Waals surface area contributed by atoms with Gasteiger partial charge in [-0.05, 0) is 43.7 Å². The van der Waals surface area contributed by atoms with Gasteiger partial charge < -0.3 is 9.80 Å². The summed E-state index contributed by atoms with van der Waals surface area (Å²) in [5.41, 5.74) is -0.234. The number of hydrogen-bond acceptors (Lipinski definition) is 3. The van der Waals surface area contributed by atoms with E-state index in [9.17, 15) is 9.59 Å². The van der Waals surface area contributed by atoms with Crippen molar-refractivity contribution in [2.45, 2.75) is 47.0 Å². The van der Waals surface area contributed by atoms with Gasteiger partial charge >= 0.3 is 0 Å². The molecule has 2 amide bonds. The van der Waals surface area contributed by atoms with Gasteiger partial charge in [-0.1, -0.05) is 20.8 Å². The van der Waals surface area contributed by atoms with Gasteiger partial charge in [-0.15, -0.1) is 11.3 Å². The Morgan fingerprint density at radius 1 is 1.25 bits per heavy atom.